The first-order valence-corrected chi connectivity index (χ1v) is 10.9. The van der Waals surface area contributed by atoms with Gasteiger partial charge in [-0.15, -0.1) is 0 Å². The SMILES string of the molecule is Nc1cccc(Oc2ccc(Cc3ccc(Oc4cccc(N)c4C(F)(F)F)cc3)cc2)c1C(F)(F)F. The van der Waals surface area contributed by atoms with E-state index in [1.54, 1.807) is 24.3 Å². The maximum absolute atomic E-state index is 13.3. The summed E-state index contributed by atoms with van der Waals surface area (Å²) in [6.07, 6.45) is -8.88. The first kappa shape index (κ1) is 25.7. The smallest absolute Gasteiger partial charge is 0.421 e. The van der Waals surface area contributed by atoms with Gasteiger partial charge in [-0.25, -0.2) is 0 Å². The summed E-state index contributed by atoms with van der Waals surface area (Å²) >= 11 is 0. The van der Waals surface area contributed by atoms with Crippen molar-refractivity contribution in [2.75, 3.05) is 11.5 Å². The molecule has 0 aliphatic heterocycles. The molecule has 0 aromatic heterocycles. The van der Waals surface area contributed by atoms with Crippen LogP contribution in [0.3, 0.4) is 0 Å². The van der Waals surface area contributed by atoms with Gasteiger partial charge in [0.1, 0.15) is 34.1 Å². The highest BCUT2D eigenvalue weighted by molar-refractivity contribution is 5.58. The second-order valence-corrected chi connectivity index (χ2v) is 8.11. The number of ether oxygens (including phenoxy) is 2. The van der Waals surface area contributed by atoms with Gasteiger partial charge in [0.15, 0.2) is 0 Å². The molecule has 0 aliphatic carbocycles. The summed E-state index contributed by atoms with van der Waals surface area (Å²) in [6.45, 7) is 0. The Morgan fingerprint density at radius 1 is 0.514 bits per heavy atom. The highest BCUT2D eigenvalue weighted by Gasteiger charge is 2.37. The van der Waals surface area contributed by atoms with Crippen molar-refractivity contribution in [3.05, 3.63) is 107 Å². The topological polar surface area (TPSA) is 70.5 Å². The average molecular weight is 518 g/mol. The monoisotopic (exact) mass is 518 g/mol. The van der Waals surface area contributed by atoms with Gasteiger partial charge in [0.2, 0.25) is 0 Å². The lowest BCUT2D eigenvalue weighted by Gasteiger charge is -2.16. The van der Waals surface area contributed by atoms with Gasteiger partial charge in [-0.05, 0) is 66.1 Å². The summed E-state index contributed by atoms with van der Waals surface area (Å²) < 4.78 is 90.9. The molecule has 4 aromatic rings. The van der Waals surface area contributed by atoms with Crippen LogP contribution in [0, 0.1) is 0 Å². The molecule has 0 fully saturated rings. The Kier molecular flexibility index (Phi) is 6.93. The molecule has 0 amide bonds. The lowest BCUT2D eigenvalue weighted by atomic mass is 10.0. The summed E-state index contributed by atoms with van der Waals surface area (Å²) in [5, 5.41) is 0. The van der Waals surface area contributed by atoms with Gasteiger partial charge >= 0.3 is 12.4 Å². The molecule has 4 aromatic carbocycles. The van der Waals surface area contributed by atoms with Crippen molar-refractivity contribution in [1.82, 2.24) is 0 Å². The third-order valence-corrected chi connectivity index (χ3v) is 5.39. The van der Waals surface area contributed by atoms with Crippen molar-refractivity contribution >= 4 is 11.4 Å². The maximum atomic E-state index is 13.3. The Hall–Kier alpha value is -4.34. The van der Waals surface area contributed by atoms with E-state index in [0.29, 0.717) is 6.42 Å². The molecule has 0 radical (unpaired) electrons. The second kappa shape index (κ2) is 9.96. The van der Waals surface area contributed by atoms with E-state index in [9.17, 15) is 26.3 Å². The predicted molar refractivity (Wildman–Crippen MR) is 128 cm³/mol. The third-order valence-electron chi connectivity index (χ3n) is 5.39. The summed E-state index contributed by atoms with van der Waals surface area (Å²) in [4.78, 5) is 0. The largest absolute Gasteiger partial charge is 0.457 e. The van der Waals surface area contributed by atoms with Crippen LogP contribution < -0.4 is 20.9 Å². The van der Waals surface area contributed by atoms with Gasteiger partial charge in [-0.3, -0.25) is 0 Å². The Labute approximate surface area is 208 Å². The zero-order chi connectivity index (χ0) is 26.8. The van der Waals surface area contributed by atoms with Gasteiger partial charge < -0.3 is 20.9 Å². The van der Waals surface area contributed by atoms with Crippen molar-refractivity contribution < 1.29 is 35.8 Å². The van der Waals surface area contributed by atoms with Crippen LogP contribution in [0.4, 0.5) is 37.7 Å². The quantitative estimate of drug-likeness (QED) is 0.200. The van der Waals surface area contributed by atoms with Crippen molar-refractivity contribution in [2.45, 2.75) is 18.8 Å². The van der Waals surface area contributed by atoms with Crippen LogP contribution in [0.25, 0.3) is 0 Å². The molecule has 0 unspecified atom stereocenters. The summed E-state index contributed by atoms with van der Waals surface area (Å²) in [5.41, 5.74) is 9.71. The van der Waals surface area contributed by atoms with Crippen LogP contribution in [-0.2, 0) is 18.8 Å². The van der Waals surface area contributed by atoms with E-state index >= 15 is 0 Å². The molecule has 0 spiro atoms. The normalized spacial score (nSPS) is 11.8. The fourth-order valence-electron chi connectivity index (χ4n) is 3.71. The van der Waals surface area contributed by atoms with Crippen LogP contribution in [0.1, 0.15) is 22.3 Å². The number of hydrogen-bond acceptors (Lipinski definition) is 4. The van der Waals surface area contributed by atoms with E-state index < -0.39 is 46.4 Å². The van der Waals surface area contributed by atoms with Crippen molar-refractivity contribution in [2.24, 2.45) is 0 Å². The maximum Gasteiger partial charge on any atom is 0.421 e. The van der Waals surface area contributed by atoms with E-state index in [4.69, 9.17) is 20.9 Å². The number of nitrogens with two attached hydrogens (primary N) is 2. The number of alkyl halides is 6. The number of hydrogen-bond donors (Lipinski definition) is 2. The molecular formula is C27H20F6N2O2. The molecule has 4 N–H and O–H groups in total. The molecule has 4 rings (SSSR count). The number of halogens is 6. The molecular weight excluding hydrogens is 498 g/mol. The summed E-state index contributed by atoms with van der Waals surface area (Å²) in [5.74, 6) is -0.396. The van der Waals surface area contributed by atoms with Crippen LogP contribution in [-0.4, -0.2) is 0 Å². The molecule has 0 atom stereocenters. The molecule has 0 bridgehead atoms. The lowest BCUT2D eigenvalue weighted by Crippen LogP contribution is -2.10. The van der Waals surface area contributed by atoms with E-state index in [1.165, 1.54) is 48.5 Å². The number of benzene rings is 4. The number of nitrogen functional groups attached to an aromatic ring is 2. The predicted octanol–water partition coefficient (Wildman–Crippen LogP) is 8.06. The standard InChI is InChI=1S/C27H20F6N2O2/c28-26(29,30)24-20(34)3-1-5-22(24)36-18-11-7-16(8-12-18)15-17-9-13-19(14-10-17)37-23-6-2-4-21(35)25(23)27(31,32)33/h1-14H,15,34-35H2. The molecule has 10 heteroatoms. The highest BCUT2D eigenvalue weighted by Crippen LogP contribution is 2.43. The zero-order valence-electron chi connectivity index (χ0n) is 19.0. The minimum Gasteiger partial charge on any atom is -0.457 e. The fraction of sp³-hybridized carbons (Fsp3) is 0.111. The summed E-state index contributed by atoms with van der Waals surface area (Å²) in [6, 6.07) is 20.4. The van der Waals surface area contributed by atoms with E-state index in [1.807, 2.05) is 0 Å². The van der Waals surface area contributed by atoms with E-state index in [0.717, 1.165) is 23.3 Å². The molecule has 0 saturated carbocycles. The fourth-order valence-corrected chi connectivity index (χ4v) is 3.71. The van der Waals surface area contributed by atoms with Crippen LogP contribution >= 0.6 is 0 Å². The van der Waals surface area contributed by atoms with Crippen LogP contribution in [0.5, 0.6) is 23.0 Å². The zero-order valence-corrected chi connectivity index (χ0v) is 19.0. The van der Waals surface area contributed by atoms with Gasteiger partial charge in [-0.1, -0.05) is 36.4 Å². The van der Waals surface area contributed by atoms with Crippen LogP contribution in [0.15, 0.2) is 84.9 Å². The Morgan fingerprint density at radius 3 is 1.19 bits per heavy atom. The Balaban J connectivity index is 1.44. The summed E-state index contributed by atoms with van der Waals surface area (Å²) in [7, 11) is 0. The molecule has 0 saturated heterocycles. The first-order valence-electron chi connectivity index (χ1n) is 10.9. The Bertz CT molecular complexity index is 1280. The van der Waals surface area contributed by atoms with Gasteiger partial charge in [0.25, 0.3) is 0 Å². The molecule has 4 nitrogen and oxygen atoms in total. The van der Waals surface area contributed by atoms with Gasteiger partial charge in [-0.2, -0.15) is 26.3 Å². The molecule has 0 aliphatic rings. The highest BCUT2D eigenvalue weighted by atomic mass is 19.4. The molecule has 0 heterocycles. The van der Waals surface area contributed by atoms with Crippen molar-refractivity contribution in [1.29, 1.82) is 0 Å². The second-order valence-electron chi connectivity index (χ2n) is 8.11. The van der Waals surface area contributed by atoms with Crippen LogP contribution in [0.2, 0.25) is 0 Å². The van der Waals surface area contributed by atoms with Gasteiger partial charge in [0.05, 0.1) is 0 Å². The first-order chi connectivity index (χ1) is 17.4. The lowest BCUT2D eigenvalue weighted by molar-refractivity contribution is -0.138. The van der Waals surface area contributed by atoms with E-state index in [2.05, 4.69) is 0 Å². The van der Waals surface area contributed by atoms with Crippen molar-refractivity contribution in [3.8, 4) is 23.0 Å². The van der Waals surface area contributed by atoms with E-state index in [-0.39, 0.29) is 11.5 Å². The number of anilines is 2. The Morgan fingerprint density at radius 2 is 0.865 bits per heavy atom. The molecule has 192 valence electrons. The minimum absolute atomic E-state index is 0.200. The third kappa shape index (κ3) is 6.08. The average Bonchev–Trinajstić information content (AvgIpc) is 2.80. The molecule has 37 heavy (non-hydrogen) atoms. The minimum atomic E-state index is -4.67. The van der Waals surface area contributed by atoms with Crippen molar-refractivity contribution in [3.63, 3.8) is 0 Å². The van der Waals surface area contributed by atoms with Gasteiger partial charge in [0, 0.05) is 11.4 Å². The number of rotatable bonds is 6.